The highest BCUT2D eigenvalue weighted by Gasteiger charge is 2.41. The Morgan fingerprint density at radius 3 is 2.73 bits per heavy atom. The van der Waals surface area contributed by atoms with E-state index in [1.165, 1.54) is 0 Å². The average Bonchev–Trinajstić information content (AvgIpc) is 3.54. The first-order valence-corrected chi connectivity index (χ1v) is 11.4. The topological polar surface area (TPSA) is 89.4 Å². The highest BCUT2D eigenvalue weighted by atomic mass is 16.5. The molecule has 33 heavy (non-hydrogen) atoms. The van der Waals surface area contributed by atoms with Crippen LogP contribution in [0.2, 0.25) is 0 Å². The number of benzene rings is 1. The molecule has 0 N–H and O–H groups in total. The first kappa shape index (κ1) is 19.9. The molecular weight excluding hydrogens is 418 g/mol. The number of pyridine rings is 1. The number of likely N-dealkylation sites (tertiary alicyclic amines) is 1. The number of ketones is 1. The highest BCUT2D eigenvalue weighted by molar-refractivity contribution is 6.10. The number of carbonyl (C=O) groups excluding carboxylic acids is 2. The van der Waals surface area contributed by atoms with Gasteiger partial charge in [0.2, 0.25) is 0 Å². The minimum absolute atomic E-state index is 0.0530. The molecule has 1 saturated carbocycles. The zero-order valence-corrected chi connectivity index (χ0v) is 18.1. The van der Waals surface area contributed by atoms with Crippen LogP contribution in [-0.2, 0) is 4.79 Å². The van der Waals surface area contributed by atoms with Gasteiger partial charge in [-0.1, -0.05) is 48.3 Å². The molecule has 2 aliphatic rings. The molecule has 1 saturated heterocycles. The Morgan fingerprint density at radius 2 is 1.91 bits per heavy atom. The van der Waals surface area contributed by atoms with E-state index in [2.05, 4.69) is 10.1 Å². The summed E-state index contributed by atoms with van der Waals surface area (Å²) in [6.45, 7) is 0.435. The zero-order chi connectivity index (χ0) is 22.4. The summed E-state index contributed by atoms with van der Waals surface area (Å²) >= 11 is 0. The summed E-state index contributed by atoms with van der Waals surface area (Å²) in [7, 11) is 0. The first-order chi connectivity index (χ1) is 16.2. The normalized spacial score (nSPS) is 20.7. The summed E-state index contributed by atoms with van der Waals surface area (Å²) in [5.74, 6) is 0.664. The lowest BCUT2D eigenvalue weighted by atomic mass is 9.77. The molecule has 3 aromatic heterocycles. The van der Waals surface area contributed by atoms with E-state index in [0.717, 1.165) is 31.2 Å². The predicted octanol–water partition coefficient (Wildman–Crippen LogP) is 5.12. The predicted molar refractivity (Wildman–Crippen MR) is 121 cm³/mol. The SMILES string of the molecule is O=C1CCN(C(=O)c2cc(-c3ccco3)nc3onc(-c4ccccc4)c23)[C@H]2CCCC[C@H]12. The molecule has 4 heterocycles. The number of carbonyl (C=O) groups is 2. The number of Topliss-reactive ketones (excluding diaryl/α,β-unsaturated/α-hetero) is 1. The van der Waals surface area contributed by atoms with Crippen LogP contribution in [0.4, 0.5) is 0 Å². The van der Waals surface area contributed by atoms with Gasteiger partial charge in [-0.15, -0.1) is 0 Å². The number of hydrogen-bond acceptors (Lipinski definition) is 6. The molecule has 0 unspecified atom stereocenters. The maximum absolute atomic E-state index is 14.1. The van der Waals surface area contributed by atoms with Crippen molar-refractivity contribution in [2.45, 2.75) is 38.1 Å². The molecule has 7 heteroatoms. The smallest absolute Gasteiger partial charge is 0.259 e. The highest BCUT2D eigenvalue weighted by Crippen LogP contribution is 2.37. The fraction of sp³-hybridized carbons (Fsp3) is 0.308. The van der Waals surface area contributed by atoms with Gasteiger partial charge in [-0.2, -0.15) is 0 Å². The Hall–Kier alpha value is -3.74. The molecule has 0 spiro atoms. The number of hydrogen-bond donors (Lipinski definition) is 0. The quantitative estimate of drug-likeness (QED) is 0.438. The van der Waals surface area contributed by atoms with E-state index in [1.54, 1.807) is 24.5 Å². The van der Waals surface area contributed by atoms with Gasteiger partial charge in [-0.05, 0) is 31.0 Å². The zero-order valence-electron chi connectivity index (χ0n) is 18.1. The van der Waals surface area contributed by atoms with E-state index in [-0.39, 0.29) is 23.7 Å². The van der Waals surface area contributed by atoms with Crippen LogP contribution in [0.1, 0.15) is 42.5 Å². The van der Waals surface area contributed by atoms with Crippen molar-refractivity contribution in [3.05, 3.63) is 60.4 Å². The van der Waals surface area contributed by atoms with Crippen LogP contribution in [0, 0.1) is 5.92 Å². The Bertz CT molecular complexity index is 1330. The number of aromatic nitrogens is 2. The molecule has 2 atom stereocenters. The Labute approximate surface area is 190 Å². The molecule has 6 rings (SSSR count). The van der Waals surface area contributed by atoms with Gasteiger partial charge in [-0.25, -0.2) is 4.98 Å². The lowest BCUT2D eigenvalue weighted by molar-refractivity contribution is -0.129. The Morgan fingerprint density at radius 1 is 1.06 bits per heavy atom. The average molecular weight is 441 g/mol. The lowest BCUT2D eigenvalue weighted by Gasteiger charge is -2.43. The molecule has 1 aliphatic heterocycles. The van der Waals surface area contributed by atoms with Gasteiger partial charge in [0.15, 0.2) is 5.76 Å². The standard InChI is InChI=1S/C26H23N3O4/c30-21-12-13-29(20-10-5-4-9-17(20)21)26(31)18-15-19(22-11-6-14-32-22)27-25-23(18)24(28-33-25)16-7-2-1-3-8-16/h1-3,6-8,11,14-15,17,20H,4-5,9-10,12-13H2/t17-,20-/m0/s1. The maximum atomic E-state index is 14.1. The molecule has 4 aromatic rings. The molecule has 7 nitrogen and oxygen atoms in total. The second kappa shape index (κ2) is 7.99. The van der Waals surface area contributed by atoms with E-state index in [0.29, 0.717) is 46.8 Å². The molecule has 0 bridgehead atoms. The number of furan rings is 1. The minimum Gasteiger partial charge on any atom is -0.463 e. The van der Waals surface area contributed by atoms with Crippen LogP contribution < -0.4 is 0 Å². The van der Waals surface area contributed by atoms with Crippen molar-refractivity contribution in [1.29, 1.82) is 0 Å². The van der Waals surface area contributed by atoms with Crippen molar-refractivity contribution < 1.29 is 18.5 Å². The second-order valence-corrected chi connectivity index (χ2v) is 8.78. The van der Waals surface area contributed by atoms with Gasteiger partial charge < -0.3 is 13.8 Å². The summed E-state index contributed by atoms with van der Waals surface area (Å²) in [5.41, 5.74) is 2.72. The number of amides is 1. The van der Waals surface area contributed by atoms with Crippen molar-refractivity contribution in [3.8, 4) is 22.7 Å². The van der Waals surface area contributed by atoms with Gasteiger partial charge in [-0.3, -0.25) is 9.59 Å². The third kappa shape index (κ3) is 3.35. The van der Waals surface area contributed by atoms with Crippen LogP contribution in [0.15, 0.2) is 63.7 Å². The van der Waals surface area contributed by atoms with Gasteiger partial charge in [0, 0.05) is 30.5 Å². The van der Waals surface area contributed by atoms with Crippen molar-refractivity contribution in [1.82, 2.24) is 15.0 Å². The molecule has 1 aromatic carbocycles. The summed E-state index contributed by atoms with van der Waals surface area (Å²) in [4.78, 5) is 33.1. The van der Waals surface area contributed by atoms with Crippen molar-refractivity contribution in [2.24, 2.45) is 5.92 Å². The van der Waals surface area contributed by atoms with Crippen LogP contribution in [0.3, 0.4) is 0 Å². The van der Waals surface area contributed by atoms with E-state index in [4.69, 9.17) is 8.94 Å². The number of fused-ring (bicyclic) bond motifs is 2. The van der Waals surface area contributed by atoms with E-state index >= 15 is 0 Å². The monoisotopic (exact) mass is 441 g/mol. The minimum atomic E-state index is -0.111. The first-order valence-electron chi connectivity index (χ1n) is 11.4. The van der Waals surface area contributed by atoms with Gasteiger partial charge in [0.25, 0.3) is 11.6 Å². The third-order valence-electron chi connectivity index (χ3n) is 6.90. The molecule has 0 radical (unpaired) electrons. The summed E-state index contributed by atoms with van der Waals surface area (Å²) in [6.07, 6.45) is 5.77. The van der Waals surface area contributed by atoms with E-state index in [9.17, 15) is 9.59 Å². The lowest BCUT2D eigenvalue weighted by Crippen LogP contribution is -2.53. The Balaban J connectivity index is 1.51. The molecule has 1 amide bonds. The Kier molecular flexibility index (Phi) is 4.82. The third-order valence-corrected chi connectivity index (χ3v) is 6.90. The van der Waals surface area contributed by atoms with Crippen molar-refractivity contribution >= 4 is 22.8 Å². The van der Waals surface area contributed by atoms with Crippen LogP contribution >= 0.6 is 0 Å². The number of rotatable bonds is 3. The number of nitrogens with zero attached hydrogens (tertiary/aromatic N) is 3. The fourth-order valence-electron chi connectivity index (χ4n) is 5.31. The van der Waals surface area contributed by atoms with Crippen molar-refractivity contribution in [3.63, 3.8) is 0 Å². The van der Waals surface area contributed by atoms with Gasteiger partial charge in [0.1, 0.15) is 17.2 Å². The number of piperidine rings is 1. The summed E-state index contributed by atoms with van der Waals surface area (Å²) in [6, 6.07) is 14.9. The molecule has 166 valence electrons. The summed E-state index contributed by atoms with van der Waals surface area (Å²) in [5, 5.41) is 4.87. The van der Waals surface area contributed by atoms with Crippen LogP contribution in [0.5, 0.6) is 0 Å². The molecule has 1 aliphatic carbocycles. The molecular formula is C26H23N3O4. The van der Waals surface area contributed by atoms with Gasteiger partial charge in [0.05, 0.1) is 17.2 Å². The van der Waals surface area contributed by atoms with E-state index < -0.39 is 0 Å². The fourth-order valence-corrected chi connectivity index (χ4v) is 5.31. The largest absolute Gasteiger partial charge is 0.463 e. The van der Waals surface area contributed by atoms with E-state index in [1.807, 2.05) is 35.2 Å². The van der Waals surface area contributed by atoms with Gasteiger partial charge >= 0.3 is 0 Å². The summed E-state index contributed by atoms with van der Waals surface area (Å²) < 4.78 is 11.2. The van der Waals surface area contributed by atoms with Crippen molar-refractivity contribution in [2.75, 3.05) is 6.54 Å². The van der Waals surface area contributed by atoms with Crippen LogP contribution in [-0.4, -0.2) is 39.3 Å². The second-order valence-electron chi connectivity index (χ2n) is 8.78. The maximum Gasteiger partial charge on any atom is 0.259 e. The molecule has 2 fully saturated rings. The van der Waals surface area contributed by atoms with Crippen LogP contribution in [0.25, 0.3) is 33.8 Å².